The molecular formula is C26H25NO7. The summed E-state index contributed by atoms with van der Waals surface area (Å²) in [7, 11) is 1.46. The lowest BCUT2D eigenvalue weighted by Gasteiger charge is -2.45. The van der Waals surface area contributed by atoms with Crippen molar-refractivity contribution in [1.82, 2.24) is 4.90 Å². The van der Waals surface area contributed by atoms with Crippen LogP contribution in [0.15, 0.2) is 48.1 Å². The summed E-state index contributed by atoms with van der Waals surface area (Å²) in [5.41, 5.74) is 4.01. The van der Waals surface area contributed by atoms with Gasteiger partial charge in [0.2, 0.25) is 6.79 Å². The molecule has 1 aliphatic carbocycles. The number of benzene rings is 2. The molecule has 0 radical (unpaired) electrons. The summed E-state index contributed by atoms with van der Waals surface area (Å²) in [5, 5.41) is 20.7. The first-order valence-electron chi connectivity index (χ1n) is 11.3. The van der Waals surface area contributed by atoms with Crippen LogP contribution in [0.1, 0.15) is 29.0 Å². The SMILES string of the molecule is COc1cc(/C=C/C(=O)O[C@H]2C3c4cc5c(cc4CN4CCC(=C[C@@H]2O)C34)OCO5)ccc1O. The zero-order valence-corrected chi connectivity index (χ0v) is 18.6. The van der Waals surface area contributed by atoms with Crippen LogP contribution >= 0.6 is 0 Å². The van der Waals surface area contributed by atoms with E-state index >= 15 is 0 Å². The number of methoxy groups -OCH3 is 1. The Hall–Kier alpha value is -3.49. The van der Waals surface area contributed by atoms with Crippen molar-refractivity contribution < 1.29 is 34.0 Å². The number of ether oxygens (including phenoxy) is 4. The lowest BCUT2D eigenvalue weighted by atomic mass is 9.73. The van der Waals surface area contributed by atoms with E-state index in [2.05, 4.69) is 4.90 Å². The Bertz CT molecular complexity index is 1220. The monoisotopic (exact) mass is 463 g/mol. The fourth-order valence-electron chi connectivity index (χ4n) is 5.61. The second-order valence-corrected chi connectivity index (χ2v) is 8.99. The third kappa shape index (κ3) is 3.41. The van der Waals surface area contributed by atoms with E-state index in [-0.39, 0.29) is 24.5 Å². The number of hydrogen-bond donors (Lipinski definition) is 2. The molecule has 3 aliphatic heterocycles. The molecule has 2 unspecified atom stereocenters. The van der Waals surface area contributed by atoms with Crippen molar-refractivity contribution in [2.75, 3.05) is 20.4 Å². The molecular weight excluding hydrogens is 438 g/mol. The van der Waals surface area contributed by atoms with Crippen LogP contribution in [0.4, 0.5) is 0 Å². The fraction of sp³-hybridized carbons (Fsp3) is 0.346. The summed E-state index contributed by atoms with van der Waals surface area (Å²) < 4.78 is 22.2. The minimum absolute atomic E-state index is 0.0214. The lowest BCUT2D eigenvalue weighted by molar-refractivity contribution is -0.150. The number of carbonyl (C=O) groups is 1. The Morgan fingerprint density at radius 2 is 2.03 bits per heavy atom. The number of aliphatic hydroxyl groups is 1. The maximum Gasteiger partial charge on any atom is 0.331 e. The Morgan fingerprint density at radius 3 is 2.85 bits per heavy atom. The highest BCUT2D eigenvalue weighted by molar-refractivity contribution is 5.87. The van der Waals surface area contributed by atoms with Crippen LogP contribution in [-0.2, 0) is 16.1 Å². The molecule has 0 saturated carbocycles. The fourth-order valence-corrected chi connectivity index (χ4v) is 5.61. The highest BCUT2D eigenvalue weighted by Gasteiger charge is 2.50. The minimum atomic E-state index is -0.904. The van der Waals surface area contributed by atoms with Crippen molar-refractivity contribution in [3.8, 4) is 23.0 Å². The van der Waals surface area contributed by atoms with Crippen LogP contribution in [0.5, 0.6) is 23.0 Å². The molecule has 0 amide bonds. The normalized spacial score (nSPS) is 26.7. The summed E-state index contributed by atoms with van der Waals surface area (Å²) >= 11 is 0. The van der Waals surface area contributed by atoms with Crippen LogP contribution in [0.25, 0.3) is 6.08 Å². The van der Waals surface area contributed by atoms with Gasteiger partial charge >= 0.3 is 5.97 Å². The number of aromatic hydroxyl groups is 1. The number of aliphatic hydroxyl groups excluding tert-OH is 1. The van der Waals surface area contributed by atoms with Gasteiger partial charge in [-0.1, -0.05) is 17.7 Å². The van der Waals surface area contributed by atoms with Gasteiger partial charge in [0, 0.05) is 31.1 Å². The number of hydrogen-bond acceptors (Lipinski definition) is 8. The van der Waals surface area contributed by atoms with Crippen LogP contribution in [-0.4, -0.2) is 59.8 Å². The second kappa shape index (κ2) is 8.07. The Balaban J connectivity index is 1.30. The summed E-state index contributed by atoms with van der Waals surface area (Å²) in [4.78, 5) is 15.2. The number of rotatable bonds is 4. The van der Waals surface area contributed by atoms with Gasteiger partial charge in [-0.2, -0.15) is 0 Å². The third-order valence-electron chi connectivity index (χ3n) is 7.11. The maximum atomic E-state index is 12.8. The Labute approximate surface area is 196 Å². The Morgan fingerprint density at radius 1 is 1.21 bits per heavy atom. The Kier molecular flexibility index (Phi) is 5.00. The molecule has 6 rings (SSSR count). The number of nitrogens with zero attached hydrogens (tertiary/aromatic N) is 1. The standard InChI is InChI=1S/C26H25NO7/c1-31-20-8-14(2-4-18(20)28)3-5-23(30)34-26-19(29)9-15-6-7-27-12-16-10-21-22(33-13-32-21)11-17(16)24(26)25(15)27/h2-5,8-11,19,24-26,28-29H,6-7,12-13H2,1H3/b5-3+/t19-,24?,25?,26+/m0/s1. The molecule has 34 heavy (non-hydrogen) atoms. The molecule has 0 aromatic heterocycles. The van der Waals surface area contributed by atoms with Crippen molar-refractivity contribution in [3.63, 3.8) is 0 Å². The number of fused-ring (bicyclic) bond motifs is 3. The largest absolute Gasteiger partial charge is 0.504 e. The van der Waals surface area contributed by atoms with Crippen molar-refractivity contribution in [2.45, 2.75) is 37.1 Å². The van der Waals surface area contributed by atoms with Gasteiger partial charge in [0.25, 0.3) is 0 Å². The topological polar surface area (TPSA) is 97.7 Å². The van der Waals surface area contributed by atoms with Crippen molar-refractivity contribution in [1.29, 1.82) is 0 Å². The molecule has 8 heteroatoms. The van der Waals surface area contributed by atoms with E-state index in [4.69, 9.17) is 18.9 Å². The molecule has 0 bridgehead atoms. The van der Waals surface area contributed by atoms with Crippen molar-refractivity contribution in [2.24, 2.45) is 0 Å². The van der Waals surface area contributed by atoms with Gasteiger partial charge in [-0.05, 0) is 53.5 Å². The van der Waals surface area contributed by atoms with E-state index < -0.39 is 18.2 Å². The first kappa shape index (κ1) is 21.1. The minimum Gasteiger partial charge on any atom is -0.504 e. The van der Waals surface area contributed by atoms with Gasteiger partial charge in [-0.15, -0.1) is 0 Å². The molecule has 4 atom stereocenters. The molecule has 2 aromatic rings. The maximum absolute atomic E-state index is 12.8. The van der Waals surface area contributed by atoms with E-state index in [1.807, 2.05) is 18.2 Å². The van der Waals surface area contributed by atoms with E-state index in [9.17, 15) is 15.0 Å². The number of carbonyl (C=O) groups excluding carboxylic acids is 1. The highest BCUT2D eigenvalue weighted by atomic mass is 16.7. The van der Waals surface area contributed by atoms with Gasteiger partial charge in [0.1, 0.15) is 12.2 Å². The number of esters is 1. The highest BCUT2D eigenvalue weighted by Crippen LogP contribution is 2.50. The molecule has 4 aliphatic rings. The van der Waals surface area contributed by atoms with E-state index in [0.717, 1.165) is 36.4 Å². The zero-order valence-electron chi connectivity index (χ0n) is 18.6. The van der Waals surface area contributed by atoms with Gasteiger partial charge in [-0.25, -0.2) is 4.79 Å². The zero-order chi connectivity index (χ0) is 23.4. The van der Waals surface area contributed by atoms with Gasteiger partial charge in [0.05, 0.1) is 7.11 Å². The molecule has 1 fully saturated rings. The van der Waals surface area contributed by atoms with Crippen LogP contribution in [0.2, 0.25) is 0 Å². The molecule has 8 nitrogen and oxygen atoms in total. The van der Waals surface area contributed by atoms with Gasteiger partial charge < -0.3 is 29.2 Å². The van der Waals surface area contributed by atoms with Gasteiger partial charge in [0.15, 0.2) is 23.0 Å². The van der Waals surface area contributed by atoms with Crippen molar-refractivity contribution in [3.05, 3.63) is 64.7 Å². The van der Waals surface area contributed by atoms with E-state index in [1.54, 1.807) is 18.2 Å². The van der Waals surface area contributed by atoms with Gasteiger partial charge in [-0.3, -0.25) is 4.90 Å². The van der Waals surface area contributed by atoms with E-state index in [0.29, 0.717) is 17.1 Å². The molecule has 0 spiro atoms. The lowest BCUT2D eigenvalue weighted by Crippen LogP contribution is -2.51. The summed E-state index contributed by atoms with van der Waals surface area (Å²) in [5.74, 6) is 0.987. The molecule has 2 N–H and O–H groups in total. The average molecular weight is 463 g/mol. The predicted octanol–water partition coefficient (Wildman–Crippen LogP) is 2.73. The average Bonchev–Trinajstić information content (AvgIpc) is 3.46. The molecule has 1 saturated heterocycles. The summed E-state index contributed by atoms with van der Waals surface area (Å²) in [6, 6.07) is 8.86. The van der Waals surface area contributed by atoms with Crippen molar-refractivity contribution >= 4 is 12.0 Å². The quantitative estimate of drug-likeness (QED) is 0.406. The van der Waals surface area contributed by atoms with Crippen LogP contribution in [0, 0.1) is 0 Å². The molecule has 3 heterocycles. The number of phenolic OH excluding ortho intramolecular Hbond substituents is 1. The first-order chi connectivity index (χ1) is 16.5. The predicted molar refractivity (Wildman–Crippen MR) is 122 cm³/mol. The van der Waals surface area contributed by atoms with Crippen LogP contribution < -0.4 is 14.2 Å². The first-order valence-corrected chi connectivity index (χ1v) is 11.3. The molecule has 2 aromatic carbocycles. The third-order valence-corrected chi connectivity index (χ3v) is 7.11. The summed E-state index contributed by atoms with van der Waals surface area (Å²) in [6.45, 7) is 1.87. The smallest absolute Gasteiger partial charge is 0.331 e. The second-order valence-electron chi connectivity index (χ2n) is 8.99. The number of phenols is 1. The molecule has 176 valence electrons. The van der Waals surface area contributed by atoms with Crippen LogP contribution in [0.3, 0.4) is 0 Å². The summed E-state index contributed by atoms with van der Waals surface area (Å²) in [6.07, 6.45) is 4.02. The van der Waals surface area contributed by atoms with E-state index in [1.165, 1.54) is 24.8 Å².